The second-order valence-electron chi connectivity index (χ2n) is 17.4. The number of hydrogen-bond donors (Lipinski definition) is 0. The van der Waals surface area contributed by atoms with Crippen LogP contribution in [0.2, 0.25) is 0 Å². The standard InChI is InChI=1S/C57H98O6/c1-4-7-10-13-16-19-22-24-25-26-27-28-29-30-31-32-33-34-36-38-41-44-47-50-56(59)62-53-54(52-61-55(58)49-46-43-40-37-21-18-15-12-9-6-3)63-57(60)51-48-45-42-39-35-23-20-17-14-11-8-5-2/h7,10,16-17,19-20,24-25,27-28,30-31,54H,4-6,8-9,11-15,18,21-23,26,29,32-53H2,1-3H3/b10-7-,19-16-,20-17-,25-24-,28-27-,31-30-. The fourth-order valence-electron chi connectivity index (χ4n) is 7.23. The Bertz CT molecular complexity index is 1190. The van der Waals surface area contributed by atoms with Crippen molar-refractivity contribution in [3.8, 4) is 0 Å². The lowest BCUT2D eigenvalue weighted by Crippen LogP contribution is -2.30. The van der Waals surface area contributed by atoms with Gasteiger partial charge < -0.3 is 14.2 Å². The molecule has 63 heavy (non-hydrogen) atoms. The minimum atomic E-state index is -0.781. The van der Waals surface area contributed by atoms with Gasteiger partial charge in [0, 0.05) is 19.3 Å². The van der Waals surface area contributed by atoms with Crippen LogP contribution in [0.15, 0.2) is 72.9 Å². The van der Waals surface area contributed by atoms with Gasteiger partial charge in [-0.05, 0) is 89.9 Å². The average molecular weight is 879 g/mol. The highest BCUT2D eigenvalue weighted by molar-refractivity contribution is 5.71. The van der Waals surface area contributed by atoms with Crippen molar-refractivity contribution < 1.29 is 28.6 Å². The molecule has 0 radical (unpaired) electrons. The zero-order valence-corrected chi connectivity index (χ0v) is 41.3. The summed E-state index contributed by atoms with van der Waals surface area (Å²) in [5, 5.41) is 0. The molecule has 0 fully saturated rings. The maximum absolute atomic E-state index is 12.8. The van der Waals surface area contributed by atoms with Crippen LogP contribution in [0.5, 0.6) is 0 Å². The number of carbonyl (C=O) groups excluding carboxylic acids is 3. The summed E-state index contributed by atoms with van der Waals surface area (Å²) >= 11 is 0. The van der Waals surface area contributed by atoms with Gasteiger partial charge in [-0.25, -0.2) is 0 Å². The molecular formula is C57H98O6. The molecule has 0 heterocycles. The molecule has 0 rings (SSSR count). The third-order valence-electron chi connectivity index (χ3n) is 11.2. The van der Waals surface area contributed by atoms with Crippen LogP contribution in [0.3, 0.4) is 0 Å². The molecule has 0 aliphatic heterocycles. The van der Waals surface area contributed by atoms with Crippen molar-refractivity contribution in [2.45, 2.75) is 258 Å². The molecule has 6 heteroatoms. The smallest absolute Gasteiger partial charge is 0.306 e. The van der Waals surface area contributed by atoms with Gasteiger partial charge in [0.15, 0.2) is 6.10 Å². The van der Waals surface area contributed by atoms with Gasteiger partial charge in [-0.15, -0.1) is 0 Å². The molecular weight excluding hydrogens is 781 g/mol. The van der Waals surface area contributed by atoms with Crippen LogP contribution in [0.25, 0.3) is 0 Å². The molecule has 0 aliphatic rings. The van der Waals surface area contributed by atoms with Gasteiger partial charge >= 0.3 is 17.9 Å². The lowest BCUT2D eigenvalue weighted by Gasteiger charge is -2.18. The van der Waals surface area contributed by atoms with Crippen molar-refractivity contribution in [2.75, 3.05) is 13.2 Å². The number of esters is 3. The van der Waals surface area contributed by atoms with Crippen molar-refractivity contribution in [1.82, 2.24) is 0 Å². The van der Waals surface area contributed by atoms with E-state index >= 15 is 0 Å². The molecule has 362 valence electrons. The first kappa shape index (κ1) is 59.9. The second kappa shape index (κ2) is 51.5. The monoisotopic (exact) mass is 879 g/mol. The molecule has 0 aliphatic carbocycles. The summed E-state index contributed by atoms with van der Waals surface area (Å²) in [7, 11) is 0. The number of hydrogen-bond acceptors (Lipinski definition) is 6. The quantitative estimate of drug-likeness (QED) is 0.0262. The molecule has 0 bridgehead atoms. The molecule has 1 atom stereocenters. The van der Waals surface area contributed by atoms with Gasteiger partial charge in [0.05, 0.1) is 0 Å². The summed E-state index contributed by atoms with van der Waals surface area (Å²) in [6.45, 7) is 6.47. The third kappa shape index (κ3) is 49.7. The van der Waals surface area contributed by atoms with E-state index in [1.54, 1.807) is 0 Å². The third-order valence-corrected chi connectivity index (χ3v) is 11.2. The maximum atomic E-state index is 12.8. The molecule has 6 nitrogen and oxygen atoms in total. The van der Waals surface area contributed by atoms with Crippen LogP contribution >= 0.6 is 0 Å². The van der Waals surface area contributed by atoms with E-state index in [4.69, 9.17) is 14.2 Å². The topological polar surface area (TPSA) is 78.9 Å². The van der Waals surface area contributed by atoms with Crippen LogP contribution < -0.4 is 0 Å². The van der Waals surface area contributed by atoms with Crippen molar-refractivity contribution >= 4 is 17.9 Å². The van der Waals surface area contributed by atoms with Gasteiger partial charge in [-0.1, -0.05) is 216 Å². The highest BCUT2D eigenvalue weighted by atomic mass is 16.6. The molecule has 0 saturated carbocycles. The van der Waals surface area contributed by atoms with Crippen LogP contribution in [0.4, 0.5) is 0 Å². The Morgan fingerprint density at radius 1 is 0.333 bits per heavy atom. The molecule has 0 spiro atoms. The Kier molecular flexibility index (Phi) is 48.9. The molecule has 0 aromatic rings. The Morgan fingerprint density at radius 2 is 0.619 bits per heavy atom. The number of ether oxygens (including phenoxy) is 3. The number of carbonyl (C=O) groups is 3. The fourth-order valence-corrected chi connectivity index (χ4v) is 7.23. The van der Waals surface area contributed by atoms with Crippen LogP contribution in [-0.4, -0.2) is 37.2 Å². The fraction of sp³-hybridized carbons (Fsp3) is 0.737. The van der Waals surface area contributed by atoms with Crippen LogP contribution in [-0.2, 0) is 28.6 Å². The molecule has 0 saturated heterocycles. The number of rotatable bonds is 47. The van der Waals surface area contributed by atoms with Crippen molar-refractivity contribution in [2.24, 2.45) is 0 Å². The van der Waals surface area contributed by atoms with Crippen molar-refractivity contribution in [3.05, 3.63) is 72.9 Å². The largest absolute Gasteiger partial charge is 0.462 e. The van der Waals surface area contributed by atoms with E-state index < -0.39 is 6.10 Å². The van der Waals surface area contributed by atoms with Gasteiger partial charge in [0.25, 0.3) is 0 Å². The summed E-state index contributed by atoms with van der Waals surface area (Å²) in [4.78, 5) is 37.9. The molecule has 1 unspecified atom stereocenters. The van der Waals surface area contributed by atoms with Crippen molar-refractivity contribution in [1.29, 1.82) is 0 Å². The SMILES string of the molecule is CC/C=C\C/C=C\C/C=C\C/C=C\C/C=C\CCCCCCCCCC(=O)OCC(COC(=O)CCCCCCCCCCCC)OC(=O)CCCCCCC/C=C\CCCCC. The van der Waals surface area contributed by atoms with Gasteiger partial charge in [-0.3, -0.25) is 14.4 Å². The van der Waals surface area contributed by atoms with Crippen molar-refractivity contribution in [3.63, 3.8) is 0 Å². The molecule has 0 aromatic heterocycles. The van der Waals surface area contributed by atoms with E-state index in [-0.39, 0.29) is 31.1 Å². The van der Waals surface area contributed by atoms with Gasteiger partial charge in [0.1, 0.15) is 13.2 Å². The van der Waals surface area contributed by atoms with E-state index in [2.05, 4.69) is 93.7 Å². The first-order valence-corrected chi connectivity index (χ1v) is 26.4. The minimum Gasteiger partial charge on any atom is -0.462 e. The summed E-state index contributed by atoms with van der Waals surface area (Å²) in [6, 6.07) is 0. The molecule has 0 amide bonds. The summed E-state index contributed by atoms with van der Waals surface area (Å²) < 4.78 is 16.8. The average Bonchev–Trinajstić information content (AvgIpc) is 3.28. The lowest BCUT2D eigenvalue weighted by molar-refractivity contribution is -0.167. The zero-order valence-electron chi connectivity index (χ0n) is 41.3. The Morgan fingerprint density at radius 3 is 1.02 bits per heavy atom. The van der Waals surface area contributed by atoms with E-state index in [0.29, 0.717) is 19.3 Å². The first-order chi connectivity index (χ1) is 31.0. The Balaban J connectivity index is 4.30. The van der Waals surface area contributed by atoms with Gasteiger partial charge in [-0.2, -0.15) is 0 Å². The summed E-state index contributed by atoms with van der Waals surface area (Å²) in [6.07, 6.45) is 64.6. The van der Waals surface area contributed by atoms with Gasteiger partial charge in [0.2, 0.25) is 0 Å². The Hall–Kier alpha value is -3.15. The summed E-state index contributed by atoms with van der Waals surface area (Å²) in [5.74, 6) is -0.901. The normalized spacial score (nSPS) is 12.6. The molecule has 0 aromatic carbocycles. The number of unbranched alkanes of at least 4 members (excludes halogenated alkanes) is 24. The predicted octanol–water partition coefficient (Wildman–Crippen LogP) is 17.4. The highest BCUT2D eigenvalue weighted by Gasteiger charge is 2.19. The van der Waals surface area contributed by atoms with E-state index in [0.717, 1.165) is 109 Å². The Labute approximate surface area is 389 Å². The lowest BCUT2D eigenvalue weighted by atomic mass is 10.1. The maximum Gasteiger partial charge on any atom is 0.306 e. The van der Waals surface area contributed by atoms with Crippen LogP contribution in [0, 0.1) is 0 Å². The zero-order chi connectivity index (χ0) is 45.8. The van der Waals surface area contributed by atoms with E-state index in [1.165, 1.54) is 103 Å². The predicted molar refractivity (Wildman–Crippen MR) is 270 cm³/mol. The van der Waals surface area contributed by atoms with E-state index in [1.807, 2.05) is 0 Å². The second-order valence-corrected chi connectivity index (χ2v) is 17.4. The number of allylic oxidation sites excluding steroid dienone is 12. The highest BCUT2D eigenvalue weighted by Crippen LogP contribution is 2.14. The summed E-state index contributed by atoms with van der Waals surface area (Å²) in [5.41, 5.74) is 0. The van der Waals surface area contributed by atoms with Crippen LogP contribution in [0.1, 0.15) is 252 Å². The first-order valence-electron chi connectivity index (χ1n) is 26.4. The minimum absolute atomic E-state index is 0.0807. The van der Waals surface area contributed by atoms with E-state index in [9.17, 15) is 14.4 Å². The molecule has 0 N–H and O–H groups in total.